The molecule has 1 heterocycles. The van der Waals surface area contributed by atoms with Crippen LogP contribution in [0.3, 0.4) is 0 Å². The number of hydrogen-bond acceptors (Lipinski definition) is 1. The van der Waals surface area contributed by atoms with E-state index < -0.39 is 0 Å². The van der Waals surface area contributed by atoms with Gasteiger partial charge in [0.25, 0.3) is 0 Å². The SMILES string of the molecule is C.CC.CCC(C)(C)C.c1ccsc1. The zero-order valence-electron chi connectivity index (χ0n) is 9.92. The first-order valence-corrected chi connectivity index (χ1v) is 5.97. The molecule has 1 heteroatoms. The minimum absolute atomic E-state index is 0. The molecule has 1 rings (SSSR count). The molecule has 0 bridgehead atoms. The molecule has 0 aromatic carbocycles. The summed E-state index contributed by atoms with van der Waals surface area (Å²) in [5.74, 6) is 0. The van der Waals surface area contributed by atoms with Crippen molar-refractivity contribution >= 4 is 11.3 Å². The van der Waals surface area contributed by atoms with Gasteiger partial charge in [-0.05, 0) is 16.2 Å². The van der Waals surface area contributed by atoms with Crippen LogP contribution in [0.5, 0.6) is 0 Å². The molecule has 0 radical (unpaired) electrons. The lowest BCUT2D eigenvalue weighted by Gasteiger charge is -2.12. The van der Waals surface area contributed by atoms with Gasteiger partial charge in [-0.1, -0.05) is 67.5 Å². The third-order valence-corrected chi connectivity index (χ3v) is 2.11. The lowest BCUT2D eigenvalue weighted by Crippen LogP contribution is -2.00. The Hall–Kier alpha value is -0.300. The summed E-state index contributed by atoms with van der Waals surface area (Å²) in [4.78, 5) is 0. The van der Waals surface area contributed by atoms with Crippen LogP contribution in [0, 0.1) is 5.41 Å². The summed E-state index contributed by atoms with van der Waals surface area (Å²) in [6.07, 6.45) is 1.27. The molecule has 1 aromatic rings. The van der Waals surface area contributed by atoms with Crippen LogP contribution in [0.25, 0.3) is 0 Å². The van der Waals surface area contributed by atoms with Crippen LogP contribution in [-0.4, -0.2) is 0 Å². The second kappa shape index (κ2) is 12.7. The van der Waals surface area contributed by atoms with Gasteiger partial charge in [0.2, 0.25) is 0 Å². The zero-order chi connectivity index (χ0) is 10.7. The van der Waals surface area contributed by atoms with Gasteiger partial charge in [-0.15, -0.1) is 0 Å². The van der Waals surface area contributed by atoms with Crippen molar-refractivity contribution in [2.24, 2.45) is 5.41 Å². The van der Waals surface area contributed by atoms with E-state index in [1.54, 1.807) is 11.3 Å². The highest BCUT2D eigenvalue weighted by atomic mass is 32.1. The Morgan fingerprint density at radius 3 is 1.36 bits per heavy atom. The van der Waals surface area contributed by atoms with E-state index in [9.17, 15) is 0 Å². The summed E-state index contributed by atoms with van der Waals surface area (Å²) in [5, 5.41) is 4.08. The van der Waals surface area contributed by atoms with Crippen LogP contribution in [0.4, 0.5) is 0 Å². The maximum absolute atomic E-state index is 2.24. The topological polar surface area (TPSA) is 0 Å². The van der Waals surface area contributed by atoms with Gasteiger partial charge in [0.05, 0.1) is 0 Å². The molecular formula is C13H28S. The van der Waals surface area contributed by atoms with E-state index in [1.165, 1.54) is 6.42 Å². The first-order chi connectivity index (χ1) is 6.06. The normalized spacial score (nSPS) is 8.43. The van der Waals surface area contributed by atoms with E-state index in [1.807, 2.05) is 36.7 Å². The second-order valence-electron chi connectivity index (χ2n) is 3.71. The Morgan fingerprint density at radius 1 is 1.00 bits per heavy atom. The summed E-state index contributed by atoms with van der Waals surface area (Å²) in [7, 11) is 0. The van der Waals surface area contributed by atoms with Gasteiger partial charge in [0.15, 0.2) is 0 Å². The molecule has 0 unspecified atom stereocenters. The fraction of sp³-hybridized carbons (Fsp3) is 0.692. The third-order valence-electron chi connectivity index (χ3n) is 1.49. The number of rotatable bonds is 0. The first kappa shape index (κ1) is 19.3. The molecule has 86 valence electrons. The zero-order valence-corrected chi connectivity index (χ0v) is 10.7. The van der Waals surface area contributed by atoms with E-state index in [0.717, 1.165) is 0 Å². The molecule has 0 aliphatic carbocycles. The highest BCUT2D eigenvalue weighted by molar-refractivity contribution is 7.07. The van der Waals surface area contributed by atoms with Gasteiger partial charge in [-0.3, -0.25) is 0 Å². The summed E-state index contributed by atoms with van der Waals surface area (Å²) in [6.45, 7) is 12.9. The smallest absolute Gasteiger partial charge is 0.00934 e. The van der Waals surface area contributed by atoms with Crippen molar-refractivity contribution in [1.82, 2.24) is 0 Å². The van der Waals surface area contributed by atoms with E-state index in [4.69, 9.17) is 0 Å². The van der Waals surface area contributed by atoms with Crippen molar-refractivity contribution in [1.29, 1.82) is 0 Å². The highest BCUT2D eigenvalue weighted by Gasteiger charge is 2.03. The number of thiophene rings is 1. The van der Waals surface area contributed by atoms with Gasteiger partial charge in [-0.25, -0.2) is 0 Å². The van der Waals surface area contributed by atoms with Crippen molar-refractivity contribution in [3.05, 3.63) is 22.9 Å². The van der Waals surface area contributed by atoms with Crippen molar-refractivity contribution in [2.45, 2.75) is 55.4 Å². The predicted molar refractivity (Wildman–Crippen MR) is 72.1 cm³/mol. The average Bonchev–Trinajstić information content (AvgIpc) is 2.64. The molecular weight excluding hydrogens is 188 g/mol. The first-order valence-electron chi connectivity index (χ1n) is 5.03. The van der Waals surface area contributed by atoms with Crippen LogP contribution in [-0.2, 0) is 0 Å². The maximum Gasteiger partial charge on any atom is -0.00934 e. The Morgan fingerprint density at radius 2 is 1.29 bits per heavy atom. The molecule has 0 atom stereocenters. The Labute approximate surface area is 95.4 Å². The molecule has 0 amide bonds. The molecule has 0 saturated heterocycles. The van der Waals surface area contributed by atoms with Crippen molar-refractivity contribution in [2.75, 3.05) is 0 Å². The van der Waals surface area contributed by atoms with Crippen molar-refractivity contribution in [3.8, 4) is 0 Å². The monoisotopic (exact) mass is 216 g/mol. The minimum atomic E-state index is 0. The number of hydrogen-bond donors (Lipinski definition) is 0. The summed E-state index contributed by atoms with van der Waals surface area (Å²) < 4.78 is 0. The minimum Gasteiger partial charge on any atom is -0.152 e. The Bertz CT molecular complexity index is 129. The molecule has 0 N–H and O–H groups in total. The molecule has 0 fully saturated rings. The standard InChI is InChI=1S/C6H14.C4H4S.C2H6.CH4/c1-5-6(2,3)4;1-2-4-5-3-1;1-2;/h5H2,1-4H3;1-4H;1-2H3;1H4. The van der Waals surface area contributed by atoms with Gasteiger partial charge >= 0.3 is 0 Å². The molecule has 0 saturated carbocycles. The largest absolute Gasteiger partial charge is 0.152 e. The van der Waals surface area contributed by atoms with Crippen LogP contribution in [0.2, 0.25) is 0 Å². The molecule has 1 aromatic heterocycles. The molecule has 0 aliphatic heterocycles. The average molecular weight is 216 g/mol. The van der Waals surface area contributed by atoms with Crippen LogP contribution in [0.15, 0.2) is 22.9 Å². The maximum atomic E-state index is 2.24. The lowest BCUT2D eigenvalue weighted by atomic mass is 9.94. The quantitative estimate of drug-likeness (QED) is 0.510. The van der Waals surface area contributed by atoms with E-state index in [0.29, 0.717) is 5.41 Å². The molecule has 14 heavy (non-hydrogen) atoms. The molecule has 0 nitrogen and oxygen atoms in total. The summed E-state index contributed by atoms with van der Waals surface area (Å²) >= 11 is 1.71. The van der Waals surface area contributed by atoms with Gasteiger partial charge in [0.1, 0.15) is 0 Å². The Kier molecular flexibility index (Phi) is 17.5. The third kappa shape index (κ3) is 22.6. The van der Waals surface area contributed by atoms with E-state index in [2.05, 4.69) is 27.7 Å². The van der Waals surface area contributed by atoms with Crippen molar-refractivity contribution in [3.63, 3.8) is 0 Å². The summed E-state index contributed by atoms with van der Waals surface area (Å²) in [6, 6.07) is 4.04. The van der Waals surface area contributed by atoms with E-state index >= 15 is 0 Å². The lowest BCUT2D eigenvalue weighted by molar-refractivity contribution is 0.398. The highest BCUT2D eigenvalue weighted by Crippen LogP contribution is 2.16. The molecule has 0 aliphatic rings. The van der Waals surface area contributed by atoms with Crippen LogP contribution < -0.4 is 0 Å². The van der Waals surface area contributed by atoms with Gasteiger partial charge in [-0.2, -0.15) is 11.3 Å². The van der Waals surface area contributed by atoms with Crippen LogP contribution >= 0.6 is 11.3 Å². The Balaban J connectivity index is -0.000000139. The van der Waals surface area contributed by atoms with Crippen LogP contribution in [0.1, 0.15) is 55.4 Å². The second-order valence-corrected chi connectivity index (χ2v) is 4.52. The van der Waals surface area contributed by atoms with Gasteiger partial charge in [0, 0.05) is 0 Å². The van der Waals surface area contributed by atoms with E-state index in [-0.39, 0.29) is 7.43 Å². The van der Waals surface area contributed by atoms with Crippen molar-refractivity contribution < 1.29 is 0 Å². The fourth-order valence-corrected chi connectivity index (χ4v) is 0.680. The fourth-order valence-electron chi connectivity index (χ4n) is 0.227. The summed E-state index contributed by atoms with van der Waals surface area (Å²) in [5.41, 5.74) is 0.542. The molecule has 0 spiro atoms. The predicted octanol–water partition coefficient (Wildman–Crippen LogP) is 5.85. The van der Waals surface area contributed by atoms with Gasteiger partial charge < -0.3 is 0 Å².